The highest BCUT2D eigenvalue weighted by atomic mass is 16.5. The van der Waals surface area contributed by atoms with Crippen LogP contribution in [0.2, 0.25) is 0 Å². The molecule has 1 amide bonds. The van der Waals surface area contributed by atoms with E-state index in [1.165, 1.54) is 13.5 Å². The fourth-order valence-corrected chi connectivity index (χ4v) is 4.79. The molecule has 0 unspecified atom stereocenters. The second kappa shape index (κ2) is 7.74. The maximum absolute atomic E-state index is 13.5. The summed E-state index contributed by atoms with van der Waals surface area (Å²) < 4.78 is 5.02. The molecule has 146 valence electrons. The Balaban J connectivity index is 1.66. The molecule has 0 spiro atoms. The number of likely N-dealkylation sites (tertiary alicyclic amines) is 1. The van der Waals surface area contributed by atoms with E-state index in [0.29, 0.717) is 23.6 Å². The number of hydrogen-bond acceptors (Lipinski definition) is 4. The molecule has 3 atom stereocenters. The number of aromatic nitrogens is 1. The van der Waals surface area contributed by atoms with Crippen molar-refractivity contribution in [2.24, 2.45) is 5.92 Å². The van der Waals surface area contributed by atoms with Crippen LogP contribution in [0.3, 0.4) is 0 Å². The van der Waals surface area contributed by atoms with Crippen LogP contribution >= 0.6 is 0 Å². The molecule has 2 aromatic rings. The molecular formula is C23H26N2O3. The van der Waals surface area contributed by atoms with E-state index in [0.717, 1.165) is 30.5 Å². The van der Waals surface area contributed by atoms with Crippen LogP contribution in [0, 0.1) is 12.8 Å². The first-order valence-electron chi connectivity index (χ1n) is 10.0. The molecule has 1 saturated carbocycles. The van der Waals surface area contributed by atoms with Crippen molar-refractivity contribution in [3.8, 4) is 11.3 Å². The first kappa shape index (κ1) is 18.7. The van der Waals surface area contributed by atoms with Crippen molar-refractivity contribution in [1.29, 1.82) is 0 Å². The molecule has 2 fully saturated rings. The Morgan fingerprint density at radius 2 is 1.82 bits per heavy atom. The predicted molar refractivity (Wildman–Crippen MR) is 107 cm³/mol. The van der Waals surface area contributed by atoms with Crippen LogP contribution in [0.25, 0.3) is 11.3 Å². The lowest BCUT2D eigenvalue weighted by molar-refractivity contribution is -0.145. The predicted octanol–water partition coefficient (Wildman–Crippen LogP) is 4.00. The van der Waals surface area contributed by atoms with Crippen LogP contribution in [-0.2, 0) is 9.53 Å². The summed E-state index contributed by atoms with van der Waals surface area (Å²) in [6, 6.07) is 13.3. The lowest BCUT2D eigenvalue weighted by atomic mass is 9.84. The quantitative estimate of drug-likeness (QED) is 0.758. The van der Waals surface area contributed by atoms with E-state index in [1.54, 1.807) is 4.90 Å². The minimum atomic E-state index is -0.487. The van der Waals surface area contributed by atoms with Gasteiger partial charge in [0.05, 0.1) is 24.1 Å². The number of esters is 1. The molecule has 2 aliphatic rings. The average Bonchev–Trinajstić information content (AvgIpc) is 3.13. The molecule has 0 N–H and O–H groups in total. The van der Waals surface area contributed by atoms with E-state index in [9.17, 15) is 9.59 Å². The molecule has 28 heavy (non-hydrogen) atoms. The van der Waals surface area contributed by atoms with Gasteiger partial charge in [0.1, 0.15) is 6.04 Å². The Morgan fingerprint density at radius 3 is 2.54 bits per heavy atom. The van der Waals surface area contributed by atoms with Gasteiger partial charge in [-0.3, -0.25) is 9.78 Å². The Hall–Kier alpha value is -2.69. The average molecular weight is 378 g/mol. The highest BCUT2D eigenvalue weighted by Gasteiger charge is 2.48. The first-order chi connectivity index (χ1) is 13.6. The molecule has 5 nitrogen and oxygen atoms in total. The van der Waals surface area contributed by atoms with E-state index < -0.39 is 6.04 Å². The summed E-state index contributed by atoms with van der Waals surface area (Å²) in [7, 11) is 1.40. The highest BCUT2D eigenvalue weighted by Crippen LogP contribution is 2.41. The molecule has 1 aliphatic heterocycles. The first-order valence-corrected chi connectivity index (χ1v) is 10.0. The number of nitrogens with zero attached hydrogens (tertiary/aromatic N) is 2. The molecule has 1 saturated heterocycles. The second-order valence-electron chi connectivity index (χ2n) is 7.79. The summed E-state index contributed by atoms with van der Waals surface area (Å²) in [6.45, 7) is 1.86. The number of carbonyl (C=O) groups excluding carboxylic acids is 2. The number of carbonyl (C=O) groups is 2. The number of ether oxygens (including phenoxy) is 1. The summed E-state index contributed by atoms with van der Waals surface area (Å²) in [6.07, 6.45) is 5.01. The number of fused-ring (bicyclic) bond motifs is 1. The SMILES string of the molecule is COC(=O)[C@@H]1C[C@@H]2CCCC[C@H]2N1C(=O)c1ccc(-c2ccccc2)nc1C. The van der Waals surface area contributed by atoms with Crippen molar-refractivity contribution in [1.82, 2.24) is 9.88 Å². The van der Waals surface area contributed by atoms with Crippen molar-refractivity contribution in [3.63, 3.8) is 0 Å². The molecule has 1 aliphatic carbocycles. The third-order valence-corrected chi connectivity index (χ3v) is 6.18. The normalized spacial score (nSPS) is 23.9. The summed E-state index contributed by atoms with van der Waals surface area (Å²) in [5.41, 5.74) is 3.12. The summed E-state index contributed by atoms with van der Waals surface area (Å²) >= 11 is 0. The van der Waals surface area contributed by atoms with Crippen LogP contribution in [0.4, 0.5) is 0 Å². The van der Waals surface area contributed by atoms with Gasteiger partial charge in [0.2, 0.25) is 0 Å². The van der Waals surface area contributed by atoms with Gasteiger partial charge < -0.3 is 9.64 Å². The van der Waals surface area contributed by atoms with E-state index in [4.69, 9.17) is 4.74 Å². The Bertz CT molecular complexity index is 881. The number of methoxy groups -OCH3 is 1. The van der Waals surface area contributed by atoms with Gasteiger partial charge in [0.25, 0.3) is 5.91 Å². The minimum absolute atomic E-state index is 0.102. The number of pyridine rings is 1. The van der Waals surface area contributed by atoms with Crippen molar-refractivity contribution < 1.29 is 14.3 Å². The van der Waals surface area contributed by atoms with Crippen molar-refractivity contribution in [2.45, 2.75) is 51.1 Å². The fraction of sp³-hybridized carbons (Fsp3) is 0.435. The maximum Gasteiger partial charge on any atom is 0.328 e. The zero-order chi connectivity index (χ0) is 19.7. The van der Waals surface area contributed by atoms with E-state index in [-0.39, 0.29) is 17.9 Å². The van der Waals surface area contributed by atoms with Gasteiger partial charge in [-0.15, -0.1) is 0 Å². The number of aryl methyl sites for hydroxylation is 1. The topological polar surface area (TPSA) is 59.5 Å². The second-order valence-corrected chi connectivity index (χ2v) is 7.79. The molecule has 4 rings (SSSR count). The monoisotopic (exact) mass is 378 g/mol. The highest BCUT2D eigenvalue weighted by molar-refractivity contribution is 5.98. The van der Waals surface area contributed by atoms with Crippen LogP contribution in [0.5, 0.6) is 0 Å². The van der Waals surface area contributed by atoms with Gasteiger partial charge in [-0.1, -0.05) is 43.2 Å². The third kappa shape index (κ3) is 3.30. The maximum atomic E-state index is 13.5. The van der Waals surface area contributed by atoms with Crippen molar-refractivity contribution >= 4 is 11.9 Å². The van der Waals surface area contributed by atoms with Crippen LogP contribution < -0.4 is 0 Å². The fourth-order valence-electron chi connectivity index (χ4n) is 4.79. The van der Waals surface area contributed by atoms with Gasteiger partial charge in [-0.2, -0.15) is 0 Å². The zero-order valence-corrected chi connectivity index (χ0v) is 16.4. The van der Waals surface area contributed by atoms with Crippen molar-refractivity contribution in [2.75, 3.05) is 7.11 Å². The van der Waals surface area contributed by atoms with Crippen molar-refractivity contribution in [3.05, 3.63) is 53.7 Å². The Labute approximate surface area is 165 Å². The van der Waals surface area contributed by atoms with E-state index in [1.807, 2.05) is 49.4 Å². The molecule has 5 heteroatoms. The van der Waals surface area contributed by atoms with Crippen LogP contribution in [0.15, 0.2) is 42.5 Å². The standard InChI is InChI=1S/C23H26N2O3/c1-15-18(12-13-19(24-15)16-8-4-3-5-9-16)22(26)25-20-11-7-6-10-17(20)14-21(25)23(27)28-2/h3-5,8-9,12-13,17,20-21H,6-7,10-11,14H2,1-2H3/t17-,20+,21-/m0/s1. The van der Waals surface area contributed by atoms with Crippen LogP contribution in [0.1, 0.15) is 48.2 Å². The molecule has 2 heterocycles. The largest absolute Gasteiger partial charge is 0.467 e. The van der Waals surface area contributed by atoms with E-state index in [2.05, 4.69) is 4.98 Å². The zero-order valence-electron chi connectivity index (χ0n) is 16.4. The number of hydrogen-bond donors (Lipinski definition) is 0. The molecule has 0 radical (unpaired) electrons. The van der Waals surface area contributed by atoms with Gasteiger partial charge in [0, 0.05) is 11.6 Å². The minimum Gasteiger partial charge on any atom is -0.467 e. The molecule has 0 bridgehead atoms. The summed E-state index contributed by atoms with van der Waals surface area (Å²) in [4.78, 5) is 32.3. The lowest BCUT2D eigenvalue weighted by Crippen LogP contribution is -2.46. The smallest absolute Gasteiger partial charge is 0.328 e. The van der Waals surface area contributed by atoms with Crippen LogP contribution in [-0.4, -0.2) is 41.0 Å². The lowest BCUT2D eigenvalue weighted by Gasteiger charge is -2.33. The van der Waals surface area contributed by atoms with Gasteiger partial charge in [0.15, 0.2) is 0 Å². The Kier molecular flexibility index (Phi) is 5.16. The number of benzene rings is 1. The number of rotatable bonds is 3. The summed E-state index contributed by atoms with van der Waals surface area (Å²) in [5, 5.41) is 0. The molecule has 1 aromatic heterocycles. The number of amides is 1. The van der Waals surface area contributed by atoms with E-state index >= 15 is 0 Å². The third-order valence-electron chi connectivity index (χ3n) is 6.18. The molecular weight excluding hydrogens is 352 g/mol. The molecule has 1 aromatic carbocycles. The van der Waals surface area contributed by atoms with Gasteiger partial charge in [-0.05, 0) is 44.2 Å². The van der Waals surface area contributed by atoms with Gasteiger partial charge in [-0.25, -0.2) is 4.79 Å². The van der Waals surface area contributed by atoms with Gasteiger partial charge >= 0.3 is 5.97 Å². The Morgan fingerprint density at radius 1 is 1.07 bits per heavy atom. The summed E-state index contributed by atoms with van der Waals surface area (Å²) in [5.74, 6) is -0.0256.